The fourth-order valence-corrected chi connectivity index (χ4v) is 2.52. The lowest BCUT2D eigenvalue weighted by Crippen LogP contribution is -2.34. The Hall–Kier alpha value is -1.84. The van der Waals surface area contributed by atoms with Gasteiger partial charge in [0.25, 0.3) is 11.9 Å². The fraction of sp³-hybridized carbons (Fsp3) is 0.429. The molecule has 0 aromatic heterocycles. The van der Waals surface area contributed by atoms with E-state index in [-0.39, 0.29) is 5.91 Å². The molecule has 1 aromatic rings. The van der Waals surface area contributed by atoms with E-state index in [4.69, 9.17) is 4.74 Å². The average Bonchev–Trinajstić information content (AvgIpc) is 2.96. The van der Waals surface area contributed by atoms with E-state index in [1.165, 1.54) is 0 Å². The molecule has 4 nitrogen and oxygen atoms in total. The van der Waals surface area contributed by atoms with Crippen molar-refractivity contribution >= 4 is 11.9 Å². The Kier molecular flexibility index (Phi) is 2.78. The van der Waals surface area contributed by atoms with Gasteiger partial charge in [-0.25, -0.2) is 0 Å². The van der Waals surface area contributed by atoms with Crippen LogP contribution in [0.4, 0.5) is 0 Å². The molecule has 2 heterocycles. The molecule has 0 aliphatic carbocycles. The molecule has 0 saturated carbocycles. The third kappa shape index (κ3) is 1.88. The molecule has 94 valence electrons. The van der Waals surface area contributed by atoms with E-state index in [0.29, 0.717) is 12.1 Å². The zero-order chi connectivity index (χ0) is 12.5. The maximum atomic E-state index is 11.9. The van der Waals surface area contributed by atoms with Crippen LogP contribution in [0.3, 0.4) is 0 Å². The highest BCUT2D eigenvalue weighted by Crippen LogP contribution is 2.28. The van der Waals surface area contributed by atoms with Crippen molar-refractivity contribution in [3.05, 3.63) is 35.9 Å². The number of amidine groups is 1. The molecule has 0 N–H and O–H groups in total. The van der Waals surface area contributed by atoms with Crippen LogP contribution in [-0.4, -0.2) is 29.4 Å². The van der Waals surface area contributed by atoms with Crippen LogP contribution in [0.1, 0.15) is 31.4 Å². The van der Waals surface area contributed by atoms with Crippen LogP contribution >= 0.6 is 0 Å². The van der Waals surface area contributed by atoms with E-state index in [2.05, 4.69) is 16.8 Å². The summed E-state index contributed by atoms with van der Waals surface area (Å²) in [6.45, 7) is 3.06. The lowest BCUT2D eigenvalue weighted by Gasteiger charge is -2.22. The van der Waals surface area contributed by atoms with E-state index in [1.54, 1.807) is 0 Å². The molecular weight excluding hydrogens is 228 g/mol. The molecule has 2 aliphatic rings. The van der Waals surface area contributed by atoms with E-state index >= 15 is 0 Å². The Balaban J connectivity index is 1.79. The first-order chi connectivity index (χ1) is 8.75. The summed E-state index contributed by atoms with van der Waals surface area (Å²) in [6.07, 6.45) is 1.70. The van der Waals surface area contributed by atoms with Crippen LogP contribution in [0.2, 0.25) is 0 Å². The number of rotatable bonds is 1. The summed E-state index contributed by atoms with van der Waals surface area (Å²) in [4.78, 5) is 18.1. The van der Waals surface area contributed by atoms with Crippen molar-refractivity contribution in [1.82, 2.24) is 4.90 Å². The van der Waals surface area contributed by atoms with Gasteiger partial charge in [-0.2, -0.15) is 4.99 Å². The standard InChI is InChI=1S/C14H16N2O2/c1-10-6-5-9-16(10)14-15-13(17)12(18-14)11-7-3-2-4-8-11/h2-4,7-8,10,12H,5-6,9H2,1H3/t10-,12+/m1/s1. The molecule has 1 aromatic carbocycles. The van der Waals surface area contributed by atoms with Crippen LogP contribution in [-0.2, 0) is 9.53 Å². The third-order valence-electron chi connectivity index (χ3n) is 3.55. The number of hydrogen-bond donors (Lipinski definition) is 0. The predicted octanol–water partition coefficient (Wildman–Crippen LogP) is 2.12. The first-order valence-electron chi connectivity index (χ1n) is 6.36. The number of nitrogens with zero attached hydrogens (tertiary/aromatic N) is 2. The van der Waals surface area contributed by atoms with E-state index < -0.39 is 6.10 Å². The molecule has 2 aliphatic heterocycles. The second-order valence-electron chi connectivity index (χ2n) is 4.83. The minimum absolute atomic E-state index is 0.199. The van der Waals surface area contributed by atoms with Crippen molar-refractivity contribution in [3.63, 3.8) is 0 Å². The van der Waals surface area contributed by atoms with Crippen molar-refractivity contribution in [2.45, 2.75) is 31.9 Å². The number of benzene rings is 1. The van der Waals surface area contributed by atoms with Gasteiger partial charge >= 0.3 is 0 Å². The molecule has 4 heteroatoms. The van der Waals surface area contributed by atoms with Gasteiger partial charge in [0.15, 0.2) is 0 Å². The number of aliphatic imine (C=N–C) groups is 1. The van der Waals surface area contributed by atoms with Gasteiger partial charge in [0.2, 0.25) is 6.10 Å². The van der Waals surface area contributed by atoms with Crippen molar-refractivity contribution in [2.24, 2.45) is 4.99 Å². The monoisotopic (exact) mass is 244 g/mol. The minimum atomic E-state index is -0.561. The smallest absolute Gasteiger partial charge is 0.296 e. The van der Waals surface area contributed by atoms with E-state index in [9.17, 15) is 4.79 Å². The molecule has 0 spiro atoms. The maximum Gasteiger partial charge on any atom is 0.296 e. The average molecular weight is 244 g/mol. The largest absolute Gasteiger partial charge is 0.446 e. The molecule has 18 heavy (non-hydrogen) atoms. The molecule has 1 fully saturated rings. The second kappa shape index (κ2) is 4.44. The number of amides is 1. The summed E-state index contributed by atoms with van der Waals surface area (Å²) >= 11 is 0. The Morgan fingerprint density at radius 3 is 2.78 bits per heavy atom. The number of carbonyl (C=O) groups is 1. The number of hydrogen-bond acceptors (Lipinski definition) is 3. The zero-order valence-corrected chi connectivity index (χ0v) is 10.4. The normalized spacial score (nSPS) is 27.3. The molecule has 2 atom stereocenters. The Labute approximate surface area is 106 Å². The van der Waals surface area contributed by atoms with E-state index in [1.807, 2.05) is 30.3 Å². The number of ether oxygens (including phenoxy) is 1. The lowest BCUT2D eigenvalue weighted by molar-refractivity contribution is -0.123. The van der Waals surface area contributed by atoms with Crippen LogP contribution in [0.25, 0.3) is 0 Å². The molecule has 0 bridgehead atoms. The van der Waals surface area contributed by atoms with Gasteiger partial charge < -0.3 is 9.64 Å². The van der Waals surface area contributed by atoms with E-state index in [0.717, 1.165) is 24.9 Å². The van der Waals surface area contributed by atoms with Crippen LogP contribution < -0.4 is 0 Å². The summed E-state index contributed by atoms with van der Waals surface area (Å²) in [5, 5.41) is 0. The van der Waals surface area contributed by atoms with Crippen molar-refractivity contribution in [2.75, 3.05) is 6.54 Å². The van der Waals surface area contributed by atoms with Gasteiger partial charge in [-0.15, -0.1) is 0 Å². The Bertz CT molecular complexity index is 484. The quantitative estimate of drug-likeness (QED) is 0.760. The van der Waals surface area contributed by atoms with Crippen LogP contribution in [0.5, 0.6) is 0 Å². The Morgan fingerprint density at radius 2 is 2.11 bits per heavy atom. The van der Waals surface area contributed by atoms with Crippen molar-refractivity contribution < 1.29 is 9.53 Å². The number of likely N-dealkylation sites (tertiary alicyclic amines) is 1. The van der Waals surface area contributed by atoms with Crippen LogP contribution in [0, 0.1) is 0 Å². The third-order valence-corrected chi connectivity index (χ3v) is 3.55. The summed E-state index contributed by atoms with van der Waals surface area (Å²) in [7, 11) is 0. The molecule has 1 saturated heterocycles. The van der Waals surface area contributed by atoms with Gasteiger partial charge in [0.05, 0.1) is 0 Å². The predicted molar refractivity (Wildman–Crippen MR) is 68.1 cm³/mol. The fourth-order valence-electron chi connectivity index (χ4n) is 2.52. The highest BCUT2D eigenvalue weighted by atomic mass is 16.5. The van der Waals surface area contributed by atoms with Gasteiger partial charge in [-0.3, -0.25) is 4.79 Å². The molecule has 0 unspecified atom stereocenters. The summed E-state index contributed by atoms with van der Waals surface area (Å²) < 4.78 is 5.74. The zero-order valence-electron chi connectivity index (χ0n) is 10.4. The summed E-state index contributed by atoms with van der Waals surface area (Å²) in [6, 6.07) is 10.4. The lowest BCUT2D eigenvalue weighted by atomic mass is 10.1. The van der Waals surface area contributed by atoms with Gasteiger partial charge in [-0.05, 0) is 19.8 Å². The van der Waals surface area contributed by atoms with Crippen LogP contribution in [0.15, 0.2) is 35.3 Å². The molecule has 1 amide bonds. The molecule has 0 radical (unpaired) electrons. The van der Waals surface area contributed by atoms with Gasteiger partial charge in [0.1, 0.15) is 0 Å². The highest BCUT2D eigenvalue weighted by Gasteiger charge is 2.36. The molecular formula is C14H16N2O2. The minimum Gasteiger partial charge on any atom is -0.446 e. The first-order valence-corrected chi connectivity index (χ1v) is 6.36. The highest BCUT2D eigenvalue weighted by molar-refractivity contribution is 5.99. The maximum absolute atomic E-state index is 11.9. The second-order valence-corrected chi connectivity index (χ2v) is 4.83. The Morgan fingerprint density at radius 1 is 1.33 bits per heavy atom. The summed E-state index contributed by atoms with van der Waals surface area (Å²) in [5.41, 5.74) is 0.869. The van der Waals surface area contributed by atoms with Gasteiger partial charge in [-0.1, -0.05) is 30.3 Å². The van der Waals surface area contributed by atoms with Crippen molar-refractivity contribution in [1.29, 1.82) is 0 Å². The number of carbonyl (C=O) groups excluding carboxylic acids is 1. The SMILES string of the molecule is C[C@@H]1CCCN1C1=NC(=O)[C@H](c2ccccc2)O1. The first kappa shape index (κ1) is 11.3. The van der Waals surface area contributed by atoms with Gasteiger partial charge in [0, 0.05) is 18.2 Å². The summed E-state index contributed by atoms with van der Waals surface area (Å²) in [5.74, 6) is -0.199. The topological polar surface area (TPSA) is 41.9 Å². The molecule has 3 rings (SSSR count). The van der Waals surface area contributed by atoms with Crippen molar-refractivity contribution in [3.8, 4) is 0 Å².